The molecule has 5 heteroatoms. The molecule has 0 aliphatic rings. The second-order valence-electron chi connectivity index (χ2n) is 4.81. The molecule has 1 aromatic carbocycles. The summed E-state index contributed by atoms with van der Waals surface area (Å²) in [5.74, 6) is -0.134. The number of carbonyl (C=O) groups is 1. The summed E-state index contributed by atoms with van der Waals surface area (Å²) in [6.07, 6.45) is 4.56. The van der Waals surface area contributed by atoms with Gasteiger partial charge < -0.3 is 11.1 Å². The number of hydrogen-bond donors (Lipinski definition) is 2. The van der Waals surface area contributed by atoms with Gasteiger partial charge in [0.2, 0.25) is 5.91 Å². The van der Waals surface area contributed by atoms with Crippen LogP contribution in [0.25, 0.3) is 5.69 Å². The topological polar surface area (TPSA) is 72.9 Å². The van der Waals surface area contributed by atoms with E-state index in [-0.39, 0.29) is 11.8 Å². The minimum Gasteiger partial charge on any atom is -0.355 e. The van der Waals surface area contributed by atoms with Gasteiger partial charge in [0.1, 0.15) is 0 Å². The maximum atomic E-state index is 11.6. The summed E-state index contributed by atoms with van der Waals surface area (Å²) in [5.41, 5.74) is 7.57. The van der Waals surface area contributed by atoms with Crippen LogP contribution in [0, 0.1) is 5.92 Å². The number of para-hydroxylation sites is 1. The van der Waals surface area contributed by atoms with Crippen molar-refractivity contribution in [3.8, 4) is 5.69 Å². The number of carbonyl (C=O) groups excluding carboxylic acids is 1. The molecule has 1 atom stereocenters. The van der Waals surface area contributed by atoms with Gasteiger partial charge in [0, 0.05) is 25.2 Å². The Hall–Kier alpha value is -2.14. The predicted octanol–water partition coefficient (Wildman–Crippen LogP) is 1.13. The van der Waals surface area contributed by atoms with Crippen molar-refractivity contribution >= 4 is 5.91 Å². The van der Waals surface area contributed by atoms with E-state index in [9.17, 15) is 4.79 Å². The Morgan fingerprint density at radius 3 is 2.85 bits per heavy atom. The van der Waals surface area contributed by atoms with Crippen molar-refractivity contribution in [1.82, 2.24) is 15.1 Å². The molecule has 0 radical (unpaired) electrons. The van der Waals surface area contributed by atoms with Crippen molar-refractivity contribution in [2.24, 2.45) is 11.7 Å². The van der Waals surface area contributed by atoms with Crippen molar-refractivity contribution in [3.63, 3.8) is 0 Å². The molecule has 0 saturated carbocycles. The molecule has 1 unspecified atom stereocenters. The molecule has 1 amide bonds. The Kier molecular flexibility index (Phi) is 4.90. The third-order valence-corrected chi connectivity index (χ3v) is 3.17. The number of amides is 1. The first-order valence-electron chi connectivity index (χ1n) is 6.77. The minimum atomic E-state index is -0.137. The van der Waals surface area contributed by atoms with Crippen LogP contribution >= 0.6 is 0 Å². The Bertz CT molecular complexity index is 550. The second-order valence-corrected chi connectivity index (χ2v) is 4.81. The van der Waals surface area contributed by atoms with Gasteiger partial charge in [-0.15, -0.1) is 0 Å². The fourth-order valence-corrected chi connectivity index (χ4v) is 1.82. The lowest BCUT2D eigenvalue weighted by atomic mass is 10.1. The molecule has 0 bridgehead atoms. The monoisotopic (exact) mass is 272 g/mol. The van der Waals surface area contributed by atoms with Crippen LogP contribution in [-0.2, 0) is 11.2 Å². The Morgan fingerprint density at radius 1 is 1.40 bits per heavy atom. The van der Waals surface area contributed by atoms with Gasteiger partial charge in [-0.25, -0.2) is 4.68 Å². The molecule has 2 rings (SSSR count). The zero-order valence-corrected chi connectivity index (χ0v) is 11.6. The summed E-state index contributed by atoms with van der Waals surface area (Å²) in [6, 6.07) is 9.93. The van der Waals surface area contributed by atoms with Gasteiger partial charge in [0.15, 0.2) is 0 Å². The molecule has 0 fully saturated rings. The quantitative estimate of drug-likeness (QED) is 0.828. The van der Waals surface area contributed by atoms with Crippen LogP contribution in [0.1, 0.15) is 12.5 Å². The minimum absolute atomic E-state index is 0.00273. The van der Waals surface area contributed by atoms with Crippen molar-refractivity contribution in [2.75, 3.05) is 13.1 Å². The number of hydrogen-bond acceptors (Lipinski definition) is 3. The Balaban J connectivity index is 1.86. The molecule has 20 heavy (non-hydrogen) atoms. The molecule has 0 spiro atoms. The smallest absolute Gasteiger partial charge is 0.224 e. The van der Waals surface area contributed by atoms with Gasteiger partial charge in [-0.05, 0) is 24.1 Å². The average molecular weight is 272 g/mol. The number of benzene rings is 1. The lowest BCUT2D eigenvalue weighted by molar-refractivity contribution is -0.124. The van der Waals surface area contributed by atoms with Gasteiger partial charge in [-0.2, -0.15) is 5.10 Å². The molecular weight excluding hydrogens is 252 g/mol. The van der Waals surface area contributed by atoms with E-state index in [1.54, 1.807) is 0 Å². The molecule has 2 aromatic rings. The van der Waals surface area contributed by atoms with Crippen LogP contribution in [0.5, 0.6) is 0 Å². The highest BCUT2D eigenvalue weighted by molar-refractivity contribution is 5.78. The first kappa shape index (κ1) is 14.3. The van der Waals surface area contributed by atoms with Crippen molar-refractivity contribution in [2.45, 2.75) is 13.3 Å². The zero-order chi connectivity index (χ0) is 14.4. The predicted molar refractivity (Wildman–Crippen MR) is 78.5 cm³/mol. The molecule has 0 saturated heterocycles. The van der Waals surface area contributed by atoms with E-state index >= 15 is 0 Å². The van der Waals surface area contributed by atoms with E-state index in [1.165, 1.54) is 0 Å². The normalized spacial score (nSPS) is 12.1. The van der Waals surface area contributed by atoms with Crippen LogP contribution in [0.2, 0.25) is 0 Å². The molecule has 0 aliphatic heterocycles. The van der Waals surface area contributed by atoms with Crippen LogP contribution in [0.4, 0.5) is 0 Å². The van der Waals surface area contributed by atoms with Crippen molar-refractivity contribution < 1.29 is 4.79 Å². The highest BCUT2D eigenvalue weighted by Gasteiger charge is 2.09. The van der Waals surface area contributed by atoms with Crippen molar-refractivity contribution in [1.29, 1.82) is 0 Å². The summed E-state index contributed by atoms with van der Waals surface area (Å²) in [4.78, 5) is 11.6. The highest BCUT2D eigenvalue weighted by Crippen LogP contribution is 2.07. The number of nitrogens with zero attached hydrogens (tertiary/aromatic N) is 2. The molecule has 5 nitrogen and oxygen atoms in total. The van der Waals surface area contributed by atoms with Gasteiger partial charge in [-0.3, -0.25) is 4.79 Å². The molecule has 106 valence electrons. The van der Waals surface area contributed by atoms with Gasteiger partial charge in [0.25, 0.3) is 0 Å². The lowest BCUT2D eigenvalue weighted by Gasteiger charge is -2.08. The number of rotatable bonds is 6. The van der Waals surface area contributed by atoms with Crippen LogP contribution in [0.3, 0.4) is 0 Å². The van der Waals surface area contributed by atoms with E-state index in [4.69, 9.17) is 5.73 Å². The molecule has 1 aromatic heterocycles. The summed E-state index contributed by atoms with van der Waals surface area (Å²) in [5, 5.41) is 7.19. The maximum Gasteiger partial charge on any atom is 0.224 e. The SMILES string of the molecule is CC(CN)C(=O)NCCc1cnn(-c2ccccc2)c1. The van der Waals surface area contributed by atoms with E-state index < -0.39 is 0 Å². The molecular formula is C15H20N4O. The number of aromatic nitrogens is 2. The second kappa shape index (κ2) is 6.86. The number of nitrogens with one attached hydrogen (secondary N) is 1. The Labute approximate surface area is 118 Å². The van der Waals surface area contributed by atoms with E-state index in [0.717, 1.165) is 17.7 Å². The zero-order valence-electron chi connectivity index (χ0n) is 11.6. The van der Waals surface area contributed by atoms with E-state index in [0.29, 0.717) is 13.1 Å². The highest BCUT2D eigenvalue weighted by atomic mass is 16.1. The van der Waals surface area contributed by atoms with Crippen LogP contribution in [-0.4, -0.2) is 28.8 Å². The summed E-state index contributed by atoms with van der Waals surface area (Å²) in [7, 11) is 0. The first-order chi connectivity index (χ1) is 9.70. The summed E-state index contributed by atoms with van der Waals surface area (Å²) in [6.45, 7) is 2.80. The fraction of sp³-hybridized carbons (Fsp3) is 0.333. The van der Waals surface area contributed by atoms with Gasteiger partial charge >= 0.3 is 0 Å². The number of nitrogens with two attached hydrogens (primary N) is 1. The molecule has 3 N–H and O–H groups in total. The van der Waals surface area contributed by atoms with E-state index in [2.05, 4.69) is 10.4 Å². The standard InChI is InChI=1S/C15H20N4O/c1-12(9-16)15(20)17-8-7-13-10-18-19(11-13)14-5-3-2-4-6-14/h2-6,10-12H,7-9,16H2,1H3,(H,17,20). The van der Waals surface area contributed by atoms with E-state index in [1.807, 2.05) is 54.3 Å². The third-order valence-electron chi connectivity index (χ3n) is 3.17. The maximum absolute atomic E-state index is 11.6. The lowest BCUT2D eigenvalue weighted by Crippen LogP contribution is -2.34. The fourth-order valence-electron chi connectivity index (χ4n) is 1.82. The van der Waals surface area contributed by atoms with Crippen molar-refractivity contribution in [3.05, 3.63) is 48.3 Å². The largest absolute Gasteiger partial charge is 0.355 e. The first-order valence-corrected chi connectivity index (χ1v) is 6.77. The third kappa shape index (κ3) is 3.68. The average Bonchev–Trinajstić information content (AvgIpc) is 2.96. The summed E-state index contributed by atoms with van der Waals surface area (Å²) < 4.78 is 1.83. The van der Waals surface area contributed by atoms with Crippen LogP contribution in [0.15, 0.2) is 42.7 Å². The van der Waals surface area contributed by atoms with Gasteiger partial charge in [0.05, 0.1) is 11.9 Å². The van der Waals surface area contributed by atoms with Crippen LogP contribution < -0.4 is 11.1 Å². The molecule has 1 heterocycles. The van der Waals surface area contributed by atoms with Gasteiger partial charge in [-0.1, -0.05) is 25.1 Å². The summed E-state index contributed by atoms with van der Waals surface area (Å²) >= 11 is 0. The Morgan fingerprint density at radius 2 is 2.15 bits per heavy atom. The molecule has 0 aliphatic carbocycles.